The standard InChI is InChI=1S/C11H18O5/c1-3-8(11(15)16-4-2)7-9(12)5-6-10(13)14/h8H,3-7H2,1-2H3,(H,13,14). The number of esters is 1. The fourth-order valence-corrected chi connectivity index (χ4v) is 1.28. The molecule has 0 aliphatic heterocycles. The average Bonchev–Trinajstić information content (AvgIpc) is 2.23. The van der Waals surface area contributed by atoms with Crippen molar-refractivity contribution in [2.45, 2.75) is 39.5 Å². The number of ketones is 1. The van der Waals surface area contributed by atoms with Crippen LogP contribution in [0, 0.1) is 5.92 Å². The molecule has 0 saturated carbocycles. The van der Waals surface area contributed by atoms with Crippen LogP contribution in [0.2, 0.25) is 0 Å². The fraction of sp³-hybridized carbons (Fsp3) is 0.727. The lowest BCUT2D eigenvalue weighted by atomic mass is 9.98. The van der Waals surface area contributed by atoms with E-state index >= 15 is 0 Å². The lowest BCUT2D eigenvalue weighted by Crippen LogP contribution is -2.20. The van der Waals surface area contributed by atoms with Gasteiger partial charge in [0, 0.05) is 12.8 Å². The van der Waals surface area contributed by atoms with E-state index in [0.29, 0.717) is 13.0 Å². The van der Waals surface area contributed by atoms with E-state index < -0.39 is 11.9 Å². The summed E-state index contributed by atoms with van der Waals surface area (Å²) in [6.45, 7) is 3.79. The summed E-state index contributed by atoms with van der Waals surface area (Å²) >= 11 is 0. The molecule has 1 N–H and O–H groups in total. The van der Waals surface area contributed by atoms with Crippen molar-refractivity contribution < 1.29 is 24.2 Å². The number of carbonyl (C=O) groups excluding carboxylic acids is 2. The molecule has 0 aromatic carbocycles. The molecule has 1 atom stereocenters. The first-order chi connectivity index (χ1) is 7.51. The van der Waals surface area contributed by atoms with Gasteiger partial charge in [0.2, 0.25) is 0 Å². The number of hydrogen-bond acceptors (Lipinski definition) is 4. The Morgan fingerprint density at radius 1 is 1.19 bits per heavy atom. The zero-order valence-corrected chi connectivity index (χ0v) is 9.69. The third kappa shape index (κ3) is 6.16. The summed E-state index contributed by atoms with van der Waals surface area (Å²) in [4.78, 5) is 33.0. The first kappa shape index (κ1) is 14.6. The number of ether oxygens (including phenoxy) is 1. The SMILES string of the molecule is CCOC(=O)C(CC)CC(=O)CCC(=O)O. The highest BCUT2D eigenvalue weighted by atomic mass is 16.5. The molecule has 0 rings (SSSR count). The van der Waals surface area contributed by atoms with Gasteiger partial charge >= 0.3 is 11.9 Å². The molecule has 0 amide bonds. The number of aliphatic carboxylic acids is 1. The summed E-state index contributed by atoms with van der Waals surface area (Å²) in [5, 5.41) is 8.40. The van der Waals surface area contributed by atoms with Gasteiger partial charge in [-0.3, -0.25) is 14.4 Å². The molecule has 0 aromatic rings. The third-order valence-corrected chi connectivity index (χ3v) is 2.20. The van der Waals surface area contributed by atoms with E-state index in [1.54, 1.807) is 13.8 Å². The van der Waals surface area contributed by atoms with Crippen LogP contribution in [0.25, 0.3) is 0 Å². The van der Waals surface area contributed by atoms with Gasteiger partial charge in [-0.2, -0.15) is 0 Å². The van der Waals surface area contributed by atoms with Gasteiger partial charge in [-0.1, -0.05) is 6.92 Å². The van der Waals surface area contributed by atoms with Crippen molar-refractivity contribution in [2.24, 2.45) is 5.92 Å². The molecule has 0 heterocycles. The van der Waals surface area contributed by atoms with Gasteiger partial charge in [0.05, 0.1) is 18.9 Å². The predicted octanol–water partition coefficient (Wildman–Crippen LogP) is 1.40. The van der Waals surface area contributed by atoms with Crippen LogP contribution >= 0.6 is 0 Å². The van der Waals surface area contributed by atoms with Crippen LogP contribution in [0.5, 0.6) is 0 Å². The first-order valence-electron chi connectivity index (χ1n) is 5.41. The summed E-state index contributed by atoms with van der Waals surface area (Å²) in [5.74, 6) is -2.03. The molecule has 0 radical (unpaired) electrons. The number of carboxylic acids is 1. The molecule has 0 bridgehead atoms. The second-order valence-electron chi connectivity index (χ2n) is 3.49. The monoisotopic (exact) mass is 230 g/mol. The summed E-state index contributed by atoms with van der Waals surface area (Å²) in [6, 6.07) is 0. The number of Topliss-reactive ketones (excluding diaryl/α,β-unsaturated/α-hetero) is 1. The minimum atomic E-state index is -1.00. The van der Waals surface area contributed by atoms with E-state index in [2.05, 4.69) is 0 Å². The van der Waals surface area contributed by atoms with E-state index in [1.807, 2.05) is 0 Å². The van der Waals surface area contributed by atoms with E-state index in [9.17, 15) is 14.4 Å². The van der Waals surface area contributed by atoms with Crippen LogP contribution in [0.4, 0.5) is 0 Å². The zero-order chi connectivity index (χ0) is 12.6. The molecule has 16 heavy (non-hydrogen) atoms. The highest BCUT2D eigenvalue weighted by molar-refractivity contribution is 5.86. The van der Waals surface area contributed by atoms with Crippen LogP contribution in [-0.2, 0) is 19.1 Å². The Morgan fingerprint density at radius 2 is 1.81 bits per heavy atom. The van der Waals surface area contributed by atoms with Gasteiger partial charge < -0.3 is 9.84 Å². The largest absolute Gasteiger partial charge is 0.481 e. The van der Waals surface area contributed by atoms with Gasteiger partial charge in [0.15, 0.2) is 0 Å². The Morgan fingerprint density at radius 3 is 2.25 bits per heavy atom. The second kappa shape index (κ2) is 7.84. The van der Waals surface area contributed by atoms with Crippen molar-refractivity contribution in [3.63, 3.8) is 0 Å². The van der Waals surface area contributed by atoms with Gasteiger partial charge in [-0.25, -0.2) is 0 Å². The van der Waals surface area contributed by atoms with Crippen LogP contribution in [0.15, 0.2) is 0 Å². The van der Waals surface area contributed by atoms with Gasteiger partial charge in [-0.15, -0.1) is 0 Å². The zero-order valence-electron chi connectivity index (χ0n) is 9.69. The maximum absolute atomic E-state index is 11.4. The maximum Gasteiger partial charge on any atom is 0.309 e. The maximum atomic E-state index is 11.4. The summed E-state index contributed by atoms with van der Waals surface area (Å²) < 4.78 is 4.81. The van der Waals surface area contributed by atoms with Crippen molar-refractivity contribution in [2.75, 3.05) is 6.61 Å². The third-order valence-electron chi connectivity index (χ3n) is 2.20. The van der Waals surface area contributed by atoms with Crippen LogP contribution in [0.3, 0.4) is 0 Å². The molecule has 0 saturated heterocycles. The van der Waals surface area contributed by atoms with Gasteiger partial charge in [-0.05, 0) is 13.3 Å². The van der Waals surface area contributed by atoms with E-state index in [1.165, 1.54) is 0 Å². The molecule has 0 aliphatic carbocycles. The van der Waals surface area contributed by atoms with E-state index in [-0.39, 0.29) is 31.0 Å². The average molecular weight is 230 g/mol. The van der Waals surface area contributed by atoms with Crippen molar-refractivity contribution in [3.05, 3.63) is 0 Å². The normalized spacial score (nSPS) is 11.9. The van der Waals surface area contributed by atoms with Crippen molar-refractivity contribution >= 4 is 17.7 Å². The highest BCUT2D eigenvalue weighted by Gasteiger charge is 2.21. The lowest BCUT2D eigenvalue weighted by Gasteiger charge is -2.12. The van der Waals surface area contributed by atoms with Crippen molar-refractivity contribution in [1.82, 2.24) is 0 Å². The highest BCUT2D eigenvalue weighted by Crippen LogP contribution is 2.13. The predicted molar refractivity (Wildman–Crippen MR) is 56.9 cm³/mol. The summed E-state index contributed by atoms with van der Waals surface area (Å²) in [6.07, 6.45) is 0.392. The van der Waals surface area contributed by atoms with E-state index in [4.69, 9.17) is 9.84 Å². The Labute approximate surface area is 94.8 Å². The summed E-state index contributed by atoms with van der Waals surface area (Å²) in [7, 11) is 0. The second-order valence-corrected chi connectivity index (χ2v) is 3.49. The Bertz CT molecular complexity index is 259. The quantitative estimate of drug-likeness (QED) is 0.637. The van der Waals surface area contributed by atoms with Crippen LogP contribution in [-0.4, -0.2) is 29.4 Å². The number of rotatable bonds is 8. The Kier molecular flexibility index (Phi) is 7.16. The first-order valence-corrected chi connectivity index (χ1v) is 5.41. The molecule has 0 fully saturated rings. The molecule has 0 spiro atoms. The fourth-order valence-electron chi connectivity index (χ4n) is 1.28. The van der Waals surface area contributed by atoms with Crippen molar-refractivity contribution in [3.8, 4) is 0 Å². The molecule has 92 valence electrons. The molecular weight excluding hydrogens is 212 g/mol. The molecular formula is C11H18O5. The smallest absolute Gasteiger partial charge is 0.309 e. The number of hydrogen-bond donors (Lipinski definition) is 1. The molecule has 5 heteroatoms. The topological polar surface area (TPSA) is 80.7 Å². The number of carbonyl (C=O) groups is 3. The van der Waals surface area contributed by atoms with Crippen LogP contribution < -0.4 is 0 Å². The van der Waals surface area contributed by atoms with E-state index in [0.717, 1.165) is 0 Å². The summed E-state index contributed by atoms with van der Waals surface area (Å²) in [5.41, 5.74) is 0. The Hall–Kier alpha value is -1.39. The minimum absolute atomic E-state index is 0.0226. The lowest BCUT2D eigenvalue weighted by molar-refractivity contribution is -0.149. The molecule has 0 aromatic heterocycles. The molecule has 5 nitrogen and oxygen atoms in total. The van der Waals surface area contributed by atoms with Crippen molar-refractivity contribution in [1.29, 1.82) is 0 Å². The van der Waals surface area contributed by atoms with Crippen LogP contribution in [0.1, 0.15) is 39.5 Å². The molecule has 0 aliphatic rings. The van der Waals surface area contributed by atoms with Gasteiger partial charge in [0.1, 0.15) is 5.78 Å². The number of carboxylic acid groups (broad SMARTS) is 1. The Balaban J connectivity index is 4.06. The minimum Gasteiger partial charge on any atom is -0.481 e. The van der Waals surface area contributed by atoms with Gasteiger partial charge in [0.25, 0.3) is 0 Å². The molecule has 1 unspecified atom stereocenters.